The molecule has 94 valence electrons. The first-order chi connectivity index (χ1) is 9.43. The van der Waals surface area contributed by atoms with Gasteiger partial charge in [-0.2, -0.15) is 0 Å². The Morgan fingerprint density at radius 2 is 1.26 bits per heavy atom. The molecule has 19 heavy (non-hydrogen) atoms. The SMILES string of the molecule is c1ccc(CC(c2ccccc2)n2cccc2)cc1. The molecule has 3 aromatic rings. The molecule has 3 rings (SSSR count). The maximum atomic E-state index is 2.28. The topological polar surface area (TPSA) is 4.93 Å². The van der Waals surface area contributed by atoms with Crippen LogP contribution in [0.5, 0.6) is 0 Å². The van der Waals surface area contributed by atoms with Gasteiger partial charge in [-0.1, -0.05) is 60.7 Å². The van der Waals surface area contributed by atoms with E-state index in [1.54, 1.807) is 0 Å². The summed E-state index contributed by atoms with van der Waals surface area (Å²) >= 11 is 0. The maximum absolute atomic E-state index is 2.28. The van der Waals surface area contributed by atoms with E-state index in [1.165, 1.54) is 11.1 Å². The molecule has 0 bridgehead atoms. The van der Waals surface area contributed by atoms with Crippen LogP contribution in [-0.2, 0) is 6.42 Å². The Labute approximate surface area is 114 Å². The van der Waals surface area contributed by atoms with Crippen molar-refractivity contribution >= 4 is 0 Å². The van der Waals surface area contributed by atoms with E-state index < -0.39 is 0 Å². The lowest BCUT2D eigenvalue weighted by atomic mass is 9.99. The van der Waals surface area contributed by atoms with Crippen molar-refractivity contribution in [1.29, 1.82) is 0 Å². The van der Waals surface area contributed by atoms with Crippen molar-refractivity contribution < 1.29 is 0 Å². The molecule has 0 fully saturated rings. The first kappa shape index (κ1) is 11.8. The van der Waals surface area contributed by atoms with Gasteiger partial charge in [-0.3, -0.25) is 0 Å². The summed E-state index contributed by atoms with van der Waals surface area (Å²) in [5.74, 6) is 0. The van der Waals surface area contributed by atoms with Crippen LogP contribution in [0, 0.1) is 0 Å². The molecule has 0 amide bonds. The number of benzene rings is 2. The number of hydrogen-bond donors (Lipinski definition) is 0. The molecule has 1 heterocycles. The Balaban J connectivity index is 1.94. The molecule has 0 saturated heterocycles. The zero-order valence-corrected chi connectivity index (χ0v) is 10.8. The molecule has 2 aromatic carbocycles. The van der Waals surface area contributed by atoms with E-state index >= 15 is 0 Å². The van der Waals surface area contributed by atoms with Crippen molar-refractivity contribution in [3.8, 4) is 0 Å². The first-order valence-corrected chi connectivity index (χ1v) is 6.65. The molecular weight excluding hydrogens is 230 g/mol. The molecular formula is C18H17N. The van der Waals surface area contributed by atoms with Crippen LogP contribution < -0.4 is 0 Å². The minimum atomic E-state index is 0.360. The lowest BCUT2D eigenvalue weighted by molar-refractivity contribution is 0.584. The first-order valence-electron chi connectivity index (χ1n) is 6.65. The number of rotatable bonds is 4. The van der Waals surface area contributed by atoms with Gasteiger partial charge in [0.05, 0.1) is 6.04 Å². The van der Waals surface area contributed by atoms with Crippen molar-refractivity contribution in [2.45, 2.75) is 12.5 Å². The van der Waals surface area contributed by atoms with Gasteiger partial charge < -0.3 is 4.57 Å². The molecule has 0 aliphatic heterocycles. The standard InChI is InChI=1S/C18H17N/c1-3-9-16(10-4-1)15-18(19-13-7-8-14-19)17-11-5-2-6-12-17/h1-14,18H,15H2. The van der Waals surface area contributed by atoms with Crippen LogP contribution in [0.3, 0.4) is 0 Å². The molecule has 1 unspecified atom stereocenters. The average Bonchev–Trinajstić information content (AvgIpc) is 3.01. The molecule has 1 atom stereocenters. The Bertz CT molecular complexity index is 597. The van der Waals surface area contributed by atoms with Gasteiger partial charge in [0.25, 0.3) is 0 Å². The van der Waals surface area contributed by atoms with E-state index in [1.807, 2.05) is 0 Å². The van der Waals surface area contributed by atoms with E-state index in [-0.39, 0.29) is 0 Å². The second-order valence-corrected chi connectivity index (χ2v) is 4.75. The van der Waals surface area contributed by atoms with Crippen LogP contribution >= 0.6 is 0 Å². The van der Waals surface area contributed by atoms with Crippen LogP contribution in [0.15, 0.2) is 85.2 Å². The van der Waals surface area contributed by atoms with Gasteiger partial charge in [-0.25, -0.2) is 0 Å². The highest BCUT2D eigenvalue weighted by molar-refractivity contribution is 5.25. The number of hydrogen-bond acceptors (Lipinski definition) is 0. The summed E-state index contributed by atoms with van der Waals surface area (Å²) in [6.45, 7) is 0. The summed E-state index contributed by atoms with van der Waals surface area (Å²) in [5, 5.41) is 0. The number of nitrogens with zero attached hydrogens (tertiary/aromatic N) is 1. The summed E-state index contributed by atoms with van der Waals surface area (Å²) in [5.41, 5.74) is 2.72. The molecule has 0 spiro atoms. The van der Waals surface area contributed by atoms with Gasteiger partial charge in [0, 0.05) is 12.4 Å². The molecule has 0 saturated carbocycles. The van der Waals surface area contributed by atoms with Gasteiger partial charge in [0.1, 0.15) is 0 Å². The average molecular weight is 247 g/mol. The minimum absolute atomic E-state index is 0.360. The lowest BCUT2D eigenvalue weighted by Gasteiger charge is -2.19. The maximum Gasteiger partial charge on any atom is 0.0620 e. The van der Waals surface area contributed by atoms with E-state index in [9.17, 15) is 0 Å². The van der Waals surface area contributed by atoms with Crippen molar-refractivity contribution in [2.24, 2.45) is 0 Å². The van der Waals surface area contributed by atoms with E-state index in [0.29, 0.717) is 6.04 Å². The lowest BCUT2D eigenvalue weighted by Crippen LogP contribution is -2.11. The van der Waals surface area contributed by atoms with Gasteiger partial charge in [-0.15, -0.1) is 0 Å². The van der Waals surface area contributed by atoms with Crippen LogP contribution in [0.4, 0.5) is 0 Å². The zero-order chi connectivity index (χ0) is 12.9. The Kier molecular flexibility index (Phi) is 3.46. The summed E-state index contributed by atoms with van der Waals surface area (Å²) in [7, 11) is 0. The van der Waals surface area contributed by atoms with Crippen molar-refractivity contribution in [2.75, 3.05) is 0 Å². The minimum Gasteiger partial charge on any atom is -0.347 e. The second-order valence-electron chi connectivity index (χ2n) is 4.75. The largest absolute Gasteiger partial charge is 0.347 e. The van der Waals surface area contributed by atoms with E-state index in [4.69, 9.17) is 0 Å². The van der Waals surface area contributed by atoms with E-state index in [0.717, 1.165) is 6.42 Å². The van der Waals surface area contributed by atoms with Crippen molar-refractivity contribution in [1.82, 2.24) is 4.57 Å². The van der Waals surface area contributed by atoms with E-state index in [2.05, 4.69) is 89.8 Å². The van der Waals surface area contributed by atoms with Crippen LogP contribution in [0.25, 0.3) is 0 Å². The molecule has 1 nitrogen and oxygen atoms in total. The summed E-state index contributed by atoms with van der Waals surface area (Å²) < 4.78 is 2.28. The highest BCUT2D eigenvalue weighted by Gasteiger charge is 2.12. The molecule has 1 heteroatoms. The summed E-state index contributed by atoms with van der Waals surface area (Å²) in [6.07, 6.45) is 5.29. The van der Waals surface area contributed by atoms with Crippen molar-refractivity contribution in [3.05, 3.63) is 96.3 Å². The van der Waals surface area contributed by atoms with Crippen LogP contribution in [0.2, 0.25) is 0 Å². The summed E-state index contributed by atoms with van der Waals surface area (Å²) in [4.78, 5) is 0. The molecule has 0 radical (unpaired) electrons. The smallest absolute Gasteiger partial charge is 0.0620 e. The Morgan fingerprint density at radius 1 is 0.684 bits per heavy atom. The van der Waals surface area contributed by atoms with Gasteiger partial charge in [0.15, 0.2) is 0 Å². The van der Waals surface area contributed by atoms with Crippen LogP contribution in [0.1, 0.15) is 17.2 Å². The molecule has 0 aliphatic carbocycles. The number of aromatic nitrogens is 1. The molecule has 0 aliphatic rings. The third-order valence-corrected chi connectivity index (χ3v) is 3.44. The normalized spacial score (nSPS) is 12.2. The fourth-order valence-corrected chi connectivity index (χ4v) is 2.46. The van der Waals surface area contributed by atoms with Crippen molar-refractivity contribution in [3.63, 3.8) is 0 Å². The predicted octanol–water partition coefficient (Wildman–Crippen LogP) is 4.32. The molecule has 1 aromatic heterocycles. The monoisotopic (exact) mass is 247 g/mol. The highest BCUT2D eigenvalue weighted by Crippen LogP contribution is 2.23. The zero-order valence-electron chi connectivity index (χ0n) is 10.8. The third-order valence-electron chi connectivity index (χ3n) is 3.44. The quantitative estimate of drug-likeness (QED) is 0.647. The van der Waals surface area contributed by atoms with Gasteiger partial charge in [0.2, 0.25) is 0 Å². The Morgan fingerprint density at radius 3 is 1.89 bits per heavy atom. The second kappa shape index (κ2) is 5.57. The molecule has 0 N–H and O–H groups in total. The highest BCUT2D eigenvalue weighted by atomic mass is 15.0. The fourth-order valence-electron chi connectivity index (χ4n) is 2.46. The van der Waals surface area contributed by atoms with Gasteiger partial charge >= 0.3 is 0 Å². The van der Waals surface area contributed by atoms with Crippen LogP contribution in [-0.4, -0.2) is 4.57 Å². The van der Waals surface area contributed by atoms with Gasteiger partial charge in [-0.05, 0) is 29.7 Å². The Hall–Kier alpha value is -2.28. The third kappa shape index (κ3) is 2.76. The summed E-state index contributed by atoms with van der Waals surface area (Å²) in [6, 6.07) is 25.9. The predicted molar refractivity (Wildman–Crippen MR) is 79.2 cm³/mol. The fraction of sp³-hybridized carbons (Fsp3) is 0.111.